The highest BCUT2D eigenvalue weighted by Crippen LogP contribution is 2.17. The number of carbonyl (C=O) groups is 1. The van der Waals surface area contributed by atoms with Gasteiger partial charge in [-0.05, 0) is 24.6 Å². The SMILES string of the molecule is CS(=O)(=O)CCC(N)C(=O)NCCOc1cccc(Br)c1.Cl. The first-order valence-corrected chi connectivity index (χ1v) is 9.22. The summed E-state index contributed by atoms with van der Waals surface area (Å²) in [4.78, 5) is 11.6. The number of ether oxygens (including phenoxy) is 1. The third-order valence-electron chi connectivity index (χ3n) is 2.60. The standard InChI is InChI=1S/C13H19BrN2O4S.ClH/c1-21(18,19)8-5-12(15)13(17)16-6-7-20-11-4-2-3-10(14)9-11;/h2-4,9,12H,5-8,15H2,1H3,(H,16,17);1H. The minimum absolute atomic E-state index is 0. The van der Waals surface area contributed by atoms with Crippen LogP contribution in [0.15, 0.2) is 28.7 Å². The molecule has 22 heavy (non-hydrogen) atoms. The maximum atomic E-state index is 11.6. The molecule has 126 valence electrons. The number of benzene rings is 1. The average Bonchev–Trinajstić information content (AvgIpc) is 2.40. The number of hydrogen-bond acceptors (Lipinski definition) is 5. The smallest absolute Gasteiger partial charge is 0.237 e. The molecular weight excluding hydrogens is 396 g/mol. The van der Waals surface area contributed by atoms with E-state index in [1.165, 1.54) is 0 Å². The fraction of sp³-hybridized carbons (Fsp3) is 0.462. The largest absolute Gasteiger partial charge is 0.492 e. The average molecular weight is 416 g/mol. The monoisotopic (exact) mass is 414 g/mol. The lowest BCUT2D eigenvalue weighted by Crippen LogP contribution is -2.42. The van der Waals surface area contributed by atoms with Crippen molar-refractivity contribution in [3.05, 3.63) is 28.7 Å². The van der Waals surface area contributed by atoms with Gasteiger partial charge in [0.05, 0.1) is 18.3 Å². The third kappa shape index (κ3) is 9.24. The Morgan fingerprint density at radius 1 is 1.45 bits per heavy atom. The molecule has 0 heterocycles. The number of sulfone groups is 1. The minimum Gasteiger partial charge on any atom is -0.492 e. The first-order chi connectivity index (χ1) is 9.78. The Hall–Kier alpha value is -0.830. The molecule has 0 aromatic heterocycles. The molecule has 0 saturated heterocycles. The zero-order valence-electron chi connectivity index (χ0n) is 12.1. The highest BCUT2D eigenvalue weighted by molar-refractivity contribution is 9.10. The predicted octanol–water partition coefficient (Wildman–Crippen LogP) is 1.13. The van der Waals surface area contributed by atoms with Crippen molar-refractivity contribution in [2.45, 2.75) is 12.5 Å². The van der Waals surface area contributed by atoms with Crippen molar-refractivity contribution < 1.29 is 17.9 Å². The number of carbonyl (C=O) groups excluding carboxylic acids is 1. The van der Waals surface area contributed by atoms with Crippen molar-refractivity contribution in [2.24, 2.45) is 5.73 Å². The van der Waals surface area contributed by atoms with E-state index in [-0.39, 0.29) is 30.5 Å². The highest BCUT2D eigenvalue weighted by Gasteiger charge is 2.15. The Balaban J connectivity index is 0.00000441. The number of halogens is 2. The topological polar surface area (TPSA) is 98.5 Å². The Labute approximate surface area is 145 Å². The summed E-state index contributed by atoms with van der Waals surface area (Å²) in [6.07, 6.45) is 1.22. The molecule has 1 aromatic rings. The molecule has 3 N–H and O–H groups in total. The molecule has 0 saturated carbocycles. The number of amides is 1. The number of nitrogens with two attached hydrogens (primary N) is 1. The summed E-state index contributed by atoms with van der Waals surface area (Å²) in [6, 6.07) is 6.53. The second-order valence-electron chi connectivity index (χ2n) is 4.62. The Bertz CT molecular complexity index is 583. The second kappa shape index (κ2) is 10.0. The van der Waals surface area contributed by atoms with E-state index < -0.39 is 15.9 Å². The van der Waals surface area contributed by atoms with Gasteiger partial charge in [-0.2, -0.15) is 0 Å². The summed E-state index contributed by atoms with van der Waals surface area (Å²) in [5, 5.41) is 2.61. The molecule has 0 aliphatic rings. The summed E-state index contributed by atoms with van der Waals surface area (Å²) < 4.78 is 28.3. The van der Waals surface area contributed by atoms with Crippen LogP contribution in [0.25, 0.3) is 0 Å². The van der Waals surface area contributed by atoms with Crippen LogP contribution in [0.4, 0.5) is 0 Å². The van der Waals surface area contributed by atoms with Crippen molar-refractivity contribution in [1.82, 2.24) is 5.32 Å². The molecule has 6 nitrogen and oxygen atoms in total. The lowest BCUT2D eigenvalue weighted by atomic mass is 10.2. The van der Waals surface area contributed by atoms with E-state index in [2.05, 4.69) is 21.2 Å². The van der Waals surface area contributed by atoms with Crippen LogP contribution in [-0.2, 0) is 14.6 Å². The van der Waals surface area contributed by atoms with Crippen molar-refractivity contribution in [3.8, 4) is 5.75 Å². The summed E-state index contributed by atoms with van der Waals surface area (Å²) >= 11 is 3.33. The van der Waals surface area contributed by atoms with Gasteiger partial charge in [0, 0.05) is 10.7 Å². The van der Waals surface area contributed by atoms with Crippen LogP contribution in [0.3, 0.4) is 0 Å². The molecule has 1 amide bonds. The van der Waals surface area contributed by atoms with Gasteiger partial charge in [0.2, 0.25) is 5.91 Å². The zero-order valence-corrected chi connectivity index (χ0v) is 15.3. The van der Waals surface area contributed by atoms with E-state index in [1.54, 1.807) is 0 Å². The molecular formula is C13H20BrClN2O4S. The van der Waals surface area contributed by atoms with E-state index in [9.17, 15) is 13.2 Å². The van der Waals surface area contributed by atoms with Gasteiger partial charge in [-0.25, -0.2) is 8.42 Å². The van der Waals surface area contributed by atoms with E-state index in [0.29, 0.717) is 18.9 Å². The summed E-state index contributed by atoms with van der Waals surface area (Å²) in [5.41, 5.74) is 5.61. The van der Waals surface area contributed by atoms with Crippen molar-refractivity contribution in [2.75, 3.05) is 25.2 Å². The number of nitrogens with one attached hydrogen (secondary N) is 1. The Kier molecular flexibility index (Phi) is 9.66. The van der Waals surface area contributed by atoms with Crippen LogP contribution in [0.1, 0.15) is 6.42 Å². The van der Waals surface area contributed by atoms with E-state index in [1.807, 2.05) is 24.3 Å². The second-order valence-corrected chi connectivity index (χ2v) is 7.80. The molecule has 0 bridgehead atoms. The fourth-order valence-electron chi connectivity index (χ4n) is 1.50. The summed E-state index contributed by atoms with van der Waals surface area (Å²) in [5.74, 6) is 0.215. The normalized spacial score (nSPS) is 12.1. The van der Waals surface area contributed by atoms with Crippen LogP contribution < -0.4 is 15.8 Å². The lowest BCUT2D eigenvalue weighted by molar-refractivity contribution is -0.122. The highest BCUT2D eigenvalue weighted by atomic mass is 79.9. The van der Waals surface area contributed by atoms with Gasteiger partial charge in [0.1, 0.15) is 22.2 Å². The molecule has 0 spiro atoms. The lowest BCUT2D eigenvalue weighted by Gasteiger charge is -2.12. The third-order valence-corrected chi connectivity index (χ3v) is 4.07. The summed E-state index contributed by atoms with van der Waals surface area (Å²) in [7, 11) is -3.11. The fourth-order valence-corrected chi connectivity index (χ4v) is 2.56. The van der Waals surface area contributed by atoms with E-state index >= 15 is 0 Å². The van der Waals surface area contributed by atoms with Crippen molar-refractivity contribution in [3.63, 3.8) is 0 Å². The van der Waals surface area contributed by atoms with Gasteiger partial charge in [0.15, 0.2) is 0 Å². The molecule has 0 aliphatic carbocycles. The Morgan fingerprint density at radius 3 is 2.73 bits per heavy atom. The van der Waals surface area contributed by atoms with Crippen molar-refractivity contribution in [1.29, 1.82) is 0 Å². The van der Waals surface area contributed by atoms with Crippen LogP contribution >= 0.6 is 28.3 Å². The molecule has 0 fully saturated rings. The van der Waals surface area contributed by atoms with Crippen molar-refractivity contribution >= 4 is 44.1 Å². The van der Waals surface area contributed by atoms with Crippen LogP contribution in [0.5, 0.6) is 5.75 Å². The van der Waals surface area contributed by atoms with Gasteiger partial charge in [-0.3, -0.25) is 4.79 Å². The molecule has 1 atom stereocenters. The minimum atomic E-state index is -3.11. The molecule has 0 radical (unpaired) electrons. The molecule has 9 heteroatoms. The predicted molar refractivity (Wildman–Crippen MR) is 92.2 cm³/mol. The van der Waals surface area contributed by atoms with Crippen LogP contribution in [0.2, 0.25) is 0 Å². The van der Waals surface area contributed by atoms with E-state index in [4.69, 9.17) is 10.5 Å². The first kappa shape index (κ1) is 21.2. The molecule has 1 aromatic carbocycles. The first-order valence-electron chi connectivity index (χ1n) is 6.37. The molecule has 0 aliphatic heterocycles. The maximum Gasteiger partial charge on any atom is 0.237 e. The number of hydrogen-bond donors (Lipinski definition) is 2. The van der Waals surface area contributed by atoms with E-state index in [0.717, 1.165) is 10.7 Å². The molecule has 1 unspecified atom stereocenters. The van der Waals surface area contributed by atoms with Crippen LogP contribution in [-0.4, -0.2) is 45.5 Å². The number of rotatable bonds is 8. The Morgan fingerprint density at radius 2 is 2.14 bits per heavy atom. The zero-order chi connectivity index (χ0) is 15.9. The van der Waals surface area contributed by atoms with Gasteiger partial charge in [-0.15, -0.1) is 12.4 Å². The van der Waals surface area contributed by atoms with Gasteiger partial charge in [-0.1, -0.05) is 22.0 Å². The molecule has 1 rings (SSSR count). The summed E-state index contributed by atoms with van der Waals surface area (Å²) in [6.45, 7) is 0.610. The van der Waals surface area contributed by atoms with Crippen LogP contribution in [0, 0.1) is 0 Å². The van der Waals surface area contributed by atoms with Gasteiger partial charge < -0.3 is 15.8 Å². The van der Waals surface area contributed by atoms with Gasteiger partial charge >= 0.3 is 0 Å². The maximum absolute atomic E-state index is 11.6. The quantitative estimate of drug-likeness (QED) is 0.620. The van der Waals surface area contributed by atoms with Gasteiger partial charge in [0.25, 0.3) is 0 Å².